The van der Waals surface area contributed by atoms with Crippen LogP contribution in [0.3, 0.4) is 0 Å². The first kappa shape index (κ1) is 18.9. The molecule has 3 aromatic rings. The molecule has 0 spiro atoms. The third-order valence-electron chi connectivity index (χ3n) is 4.25. The summed E-state index contributed by atoms with van der Waals surface area (Å²) in [6.07, 6.45) is 0.0379. The van der Waals surface area contributed by atoms with Crippen LogP contribution in [0.2, 0.25) is 0 Å². The summed E-state index contributed by atoms with van der Waals surface area (Å²) in [6, 6.07) is 13.5. The number of aryl methyl sites for hydroxylation is 1. The molecule has 150 valence electrons. The fourth-order valence-electron chi connectivity index (χ4n) is 2.73. The molecule has 1 N–H and O–H groups in total. The molecular weight excluding hydrogens is 398 g/mol. The molecular formula is C19H17N3O6S. The number of hydrogen-bond acceptors (Lipinski definition) is 8. The first-order valence-corrected chi connectivity index (χ1v) is 10.4. The second kappa shape index (κ2) is 7.92. The molecule has 2 heterocycles. The number of benzene rings is 2. The van der Waals surface area contributed by atoms with Crippen molar-refractivity contribution in [1.29, 1.82) is 0 Å². The SMILES string of the molecule is O=C(NCc1ccc2c(c1)OCO2)c1nc(CCS(=O)(=O)c2ccccc2)no1. The van der Waals surface area contributed by atoms with Gasteiger partial charge in [-0.2, -0.15) is 4.98 Å². The Balaban J connectivity index is 1.33. The third kappa shape index (κ3) is 4.37. The van der Waals surface area contributed by atoms with E-state index in [0.29, 0.717) is 11.5 Å². The molecule has 0 saturated carbocycles. The maximum Gasteiger partial charge on any atom is 0.315 e. The first-order valence-electron chi connectivity index (χ1n) is 8.78. The smallest absolute Gasteiger partial charge is 0.315 e. The van der Waals surface area contributed by atoms with Gasteiger partial charge in [-0.3, -0.25) is 4.79 Å². The molecule has 0 radical (unpaired) electrons. The first-order chi connectivity index (χ1) is 14.0. The summed E-state index contributed by atoms with van der Waals surface area (Å²) < 4.78 is 40.1. The summed E-state index contributed by atoms with van der Waals surface area (Å²) in [6.45, 7) is 0.408. The highest BCUT2D eigenvalue weighted by Gasteiger charge is 2.19. The van der Waals surface area contributed by atoms with Crippen LogP contribution in [0.25, 0.3) is 0 Å². The van der Waals surface area contributed by atoms with Crippen molar-refractivity contribution < 1.29 is 27.2 Å². The molecule has 4 rings (SSSR count). The van der Waals surface area contributed by atoms with E-state index in [4.69, 9.17) is 14.0 Å². The molecule has 9 nitrogen and oxygen atoms in total. The summed E-state index contributed by atoms with van der Waals surface area (Å²) in [5.41, 5.74) is 0.816. The molecule has 1 aromatic heterocycles. The Labute approximate surface area is 166 Å². The third-order valence-corrected chi connectivity index (χ3v) is 5.98. The predicted octanol–water partition coefficient (Wildman–Crippen LogP) is 1.74. The van der Waals surface area contributed by atoms with E-state index in [1.807, 2.05) is 6.07 Å². The van der Waals surface area contributed by atoms with Crippen molar-refractivity contribution in [1.82, 2.24) is 15.5 Å². The number of amides is 1. The van der Waals surface area contributed by atoms with Gasteiger partial charge in [0.1, 0.15) is 0 Å². The van der Waals surface area contributed by atoms with E-state index in [0.717, 1.165) is 5.56 Å². The Kier molecular flexibility index (Phi) is 5.17. The minimum atomic E-state index is -3.47. The molecule has 0 aliphatic carbocycles. The number of nitrogens with one attached hydrogen (secondary N) is 1. The minimum absolute atomic E-state index is 0.0379. The summed E-state index contributed by atoms with van der Waals surface area (Å²) in [4.78, 5) is 16.4. The van der Waals surface area contributed by atoms with Crippen LogP contribution in [0.1, 0.15) is 22.1 Å². The lowest BCUT2D eigenvalue weighted by atomic mass is 10.2. The van der Waals surface area contributed by atoms with Crippen molar-refractivity contribution in [2.24, 2.45) is 0 Å². The number of aromatic nitrogens is 2. The highest BCUT2D eigenvalue weighted by molar-refractivity contribution is 7.91. The van der Waals surface area contributed by atoms with Crippen LogP contribution in [-0.4, -0.2) is 37.0 Å². The van der Waals surface area contributed by atoms with E-state index < -0.39 is 15.7 Å². The van der Waals surface area contributed by atoms with Gasteiger partial charge in [-0.15, -0.1) is 0 Å². The van der Waals surface area contributed by atoms with Gasteiger partial charge in [0.2, 0.25) is 6.79 Å². The van der Waals surface area contributed by atoms with Gasteiger partial charge in [-0.25, -0.2) is 8.42 Å². The lowest BCUT2D eigenvalue weighted by molar-refractivity contribution is 0.0907. The van der Waals surface area contributed by atoms with E-state index >= 15 is 0 Å². The Hall–Kier alpha value is -3.40. The Morgan fingerprint density at radius 3 is 2.69 bits per heavy atom. The summed E-state index contributed by atoms with van der Waals surface area (Å²) in [5.74, 6) is 0.473. The number of sulfone groups is 1. The fourth-order valence-corrected chi connectivity index (χ4v) is 3.99. The van der Waals surface area contributed by atoms with Gasteiger partial charge in [0.05, 0.1) is 10.6 Å². The number of nitrogens with zero attached hydrogens (tertiary/aromatic N) is 2. The minimum Gasteiger partial charge on any atom is -0.454 e. The van der Waals surface area contributed by atoms with Crippen LogP contribution in [0.4, 0.5) is 0 Å². The number of fused-ring (bicyclic) bond motifs is 1. The van der Waals surface area contributed by atoms with Crippen LogP contribution in [0.5, 0.6) is 11.5 Å². The van der Waals surface area contributed by atoms with Crippen LogP contribution in [0.15, 0.2) is 57.9 Å². The van der Waals surface area contributed by atoms with Crippen molar-refractivity contribution in [3.05, 3.63) is 65.8 Å². The van der Waals surface area contributed by atoms with Gasteiger partial charge in [0.15, 0.2) is 27.2 Å². The van der Waals surface area contributed by atoms with Gasteiger partial charge in [-0.05, 0) is 29.8 Å². The van der Waals surface area contributed by atoms with Crippen LogP contribution in [0, 0.1) is 0 Å². The molecule has 29 heavy (non-hydrogen) atoms. The van der Waals surface area contributed by atoms with E-state index in [-0.39, 0.29) is 42.1 Å². The zero-order valence-electron chi connectivity index (χ0n) is 15.2. The Bertz CT molecular complexity index is 1130. The van der Waals surface area contributed by atoms with Crippen molar-refractivity contribution in [3.8, 4) is 11.5 Å². The lowest BCUT2D eigenvalue weighted by Gasteiger charge is -2.03. The highest BCUT2D eigenvalue weighted by atomic mass is 32.2. The largest absolute Gasteiger partial charge is 0.454 e. The molecule has 0 unspecified atom stereocenters. The van der Waals surface area contributed by atoms with Crippen LogP contribution < -0.4 is 14.8 Å². The molecule has 0 bridgehead atoms. The topological polar surface area (TPSA) is 121 Å². The van der Waals surface area contributed by atoms with Crippen molar-refractivity contribution in [2.75, 3.05) is 12.5 Å². The fraction of sp³-hybridized carbons (Fsp3) is 0.211. The zero-order chi connectivity index (χ0) is 20.3. The Morgan fingerprint density at radius 1 is 1.07 bits per heavy atom. The van der Waals surface area contributed by atoms with Gasteiger partial charge in [0.25, 0.3) is 0 Å². The second-order valence-corrected chi connectivity index (χ2v) is 8.38. The quantitative estimate of drug-likeness (QED) is 0.620. The van der Waals surface area contributed by atoms with Gasteiger partial charge in [0, 0.05) is 13.0 Å². The van der Waals surface area contributed by atoms with Gasteiger partial charge >= 0.3 is 11.8 Å². The monoisotopic (exact) mass is 415 g/mol. The van der Waals surface area contributed by atoms with Gasteiger partial charge < -0.3 is 19.3 Å². The summed E-state index contributed by atoms with van der Waals surface area (Å²) in [7, 11) is -3.47. The highest BCUT2D eigenvalue weighted by Crippen LogP contribution is 2.32. The number of carbonyl (C=O) groups is 1. The predicted molar refractivity (Wildman–Crippen MR) is 100 cm³/mol. The van der Waals surface area contributed by atoms with Crippen LogP contribution >= 0.6 is 0 Å². The Morgan fingerprint density at radius 2 is 1.86 bits per heavy atom. The molecule has 10 heteroatoms. The van der Waals surface area contributed by atoms with Crippen molar-refractivity contribution in [3.63, 3.8) is 0 Å². The number of hydrogen-bond donors (Lipinski definition) is 1. The van der Waals surface area contributed by atoms with E-state index in [1.165, 1.54) is 12.1 Å². The average molecular weight is 415 g/mol. The van der Waals surface area contributed by atoms with Gasteiger partial charge in [-0.1, -0.05) is 29.4 Å². The van der Waals surface area contributed by atoms with Crippen molar-refractivity contribution >= 4 is 15.7 Å². The average Bonchev–Trinajstić information content (AvgIpc) is 3.40. The number of carbonyl (C=O) groups excluding carboxylic acids is 1. The lowest BCUT2D eigenvalue weighted by Crippen LogP contribution is -2.23. The molecule has 1 aliphatic rings. The van der Waals surface area contributed by atoms with Crippen LogP contribution in [-0.2, 0) is 22.8 Å². The summed E-state index contributed by atoms with van der Waals surface area (Å²) >= 11 is 0. The van der Waals surface area contributed by atoms with Crippen molar-refractivity contribution in [2.45, 2.75) is 17.9 Å². The number of rotatable bonds is 7. The molecule has 1 aliphatic heterocycles. The molecule has 2 aromatic carbocycles. The number of ether oxygens (including phenoxy) is 2. The molecule has 0 saturated heterocycles. The maximum atomic E-state index is 12.3. The second-order valence-electron chi connectivity index (χ2n) is 6.27. The van der Waals surface area contributed by atoms with E-state index in [1.54, 1.807) is 30.3 Å². The molecule has 0 atom stereocenters. The summed E-state index contributed by atoms with van der Waals surface area (Å²) in [5, 5.41) is 6.36. The standard InChI is InChI=1S/C19H17N3O6S/c23-18(20-11-13-6-7-15-16(10-13)27-12-26-15)19-21-17(22-28-19)8-9-29(24,25)14-4-2-1-3-5-14/h1-7,10H,8-9,11-12H2,(H,20,23). The molecule has 0 fully saturated rings. The molecule has 1 amide bonds. The van der Waals surface area contributed by atoms with E-state index in [2.05, 4.69) is 15.5 Å². The normalized spacial score (nSPS) is 12.7. The maximum absolute atomic E-state index is 12.3. The van der Waals surface area contributed by atoms with E-state index in [9.17, 15) is 13.2 Å². The zero-order valence-corrected chi connectivity index (χ0v) is 16.0.